The van der Waals surface area contributed by atoms with E-state index >= 15 is 0 Å². The maximum atomic E-state index is 9.81. The number of aryl methyl sites for hydroxylation is 2. The lowest BCUT2D eigenvalue weighted by Crippen LogP contribution is -1.82. The van der Waals surface area contributed by atoms with E-state index in [-0.39, 0.29) is 5.75 Å². The number of pyridine rings is 1. The predicted molar refractivity (Wildman–Crippen MR) is 84.6 cm³/mol. The Morgan fingerprint density at radius 1 is 1.14 bits per heavy atom. The third kappa shape index (κ3) is 2.67. The second-order valence-electron chi connectivity index (χ2n) is 4.79. The van der Waals surface area contributed by atoms with Crippen molar-refractivity contribution in [2.75, 3.05) is 0 Å². The van der Waals surface area contributed by atoms with Crippen LogP contribution < -0.4 is 0 Å². The molecule has 0 saturated carbocycles. The number of azo groups is 1. The van der Waals surface area contributed by atoms with Crippen LogP contribution in [0.4, 0.5) is 11.5 Å². The van der Waals surface area contributed by atoms with Crippen LogP contribution in [-0.4, -0.2) is 14.5 Å². The maximum Gasteiger partial charge on any atom is 0.182 e. The Morgan fingerprint density at radius 3 is 2.76 bits per heavy atom. The average Bonchev–Trinajstić information content (AvgIpc) is 2.75. The van der Waals surface area contributed by atoms with Gasteiger partial charge in [-0.2, -0.15) is 0 Å². The molecule has 0 aliphatic carbocycles. The normalized spacial score (nSPS) is 11.6. The fourth-order valence-corrected chi connectivity index (χ4v) is 2.40. The van der Waals surface area contributed by atoms with Crippen LogP contribution in [0.3, 0.4) is 0 Å². The largest absolute Gasteiger partial charge is 0.506 e. The van der Waals surface area contributed by atoms with E-state index in [2.05, 4.69) is 31.1 Å². The first kappa shape index (κ1) is 13.8. The van der Waals surface area contributed by atoms with Gasteiger partial charge in [0.2, 0.25) is 0 Å². The van der Waals surface area contributed by atoms with Crippen molar-refractivity contribution < 1.29 is 5.11 Å². The Bertz CT molecular complexity index is 854. The van der Waals surface area contributed by atoms with E-state index in [1.807, 2.05) is 42.6 Å². The van der Waals surface area contributed by atoms with Crippen LogP contribution in [0.15, 0.2) is 51.2 Å². The van der Waals surface area contributed by atoms with Crippen LogP contribution >= 0.6 is 15.9 Å². The number of hydrogen-bond acceptors (Lipinski definition) is 4. The lowest BCUT2D eigenvalue weighted by molar-refractivity contribution is 0.476. The van der Waals surface area contributed by atoms with Crippen molar-refractivity contribution in [3.05, 3.63) is 52.3 Å². The number of fused-ring (bicyclic) bond motifs is 1. The van der Waals surface area contributed by atoms with Crippen molar-refractivity contribution >= 4 is 33.1 Å². The van der Waals surface area contributed by atoms with Crippen molar-refractivity contribution in [3.8, 4) is 5.75 Å². The van der Waals surface area contributed by atoms with E-state index in [0.29, 0.717) is 11.5 Å². The van der Waals surface area contributed by atoms with Crippen molar-refractivity contribution in [3.63, 3.8) is 0 Å². The summed E-state index contributed by atoms with van der Waals surface area (Å²) in [4.78, 5) is 4.43. The highest BCUT2D eigenvalue weighted by Gasteiger charge is 2.08. The summed E-state index contributed by atoms with van der Waals surface area (Å²) in [5.41, 5.74) is 3.04. The number of rotatable bonds is 2. The second kappa shape index (κ2) is 5.29. The Balaban J connectivity index is 2.09. The molecule has 1 aromatic carbocycles. The zero-order valence-electron chi connectivity index (χ0n) is 11.6. The molecular formula is C15H13BrN4O. The highest BCUT2D eigenvalue weighted by molar-refractivity contribution is 9.10. The van der Waals surface area contributed by atoms with Crippen molar-refractivity contribution in [2.24, 2.45) is 10.2 Å². The van der Waals surface area contributed by atoms with Crippen LogP contribution in [-0.2, 0) is 0 Å². The Kier molecular flexibility index (Phi) is 3.47. The molecule has 0 radical (unpaired) electrons. The molecule has 0 spiro atoms. The Labute approximate surface area is 130 Å². The molecule has 0 atom stereocenters. The Morgan fingerprint density at radius 2 is 1.95 bits per heavy atom. The zero-order valence-corrected chi connectivity index (χ0v) is 13.2. The third-order valence-corrected chi connectivity index (χ3v) is 3.58. The molecule has 6 heteroatoms. The molecule has 0 saturated heterocycles. The Hall–Kier alpha value is -2.21. The first-order chi connectivity index (χ1) is 10.0. The van der Waals surface area contributed by atoms with Gasteiger partial charge < -0.3 is 5.11 Å². The molecule has 0 unspecified atom stereocenters. The van der Waals surface area contributed by atoms with Crippen molar-refractivity contribution in [2.45, 2.75) is 13.8 Å². The summed E-state index contributed by atoms with van der Waals surface area (Å²) in [6.45, 7) is 3.82. The quantitative estimate of drug-likeness (QED) is 0.676. The van der Waals surface area contributed by atoms with Crippen LogP contribution in [0, 0.1) is 13.8 Å². The minimum atomic E-state index is 0.108. The minimum absolute atomic E-state index is 0.108. The summed E-state index contributed by atoms with van der Waals surface area (Å²) in [6.07, 6.45) is 1.89. The number of phenolic OH excluding ortho intramolecular Hbond substituents is 1. The second-order valence-corrected chi connectivity index (χ2v) is 5.70. The summed E-state index contributed by atoms with van der Waals surface area (Å²) >= 11 is 3.43. The number of hydrogen-bond donors (Lipinski definition) is 1. The van der Waals surface area contributed by atoms with Crippen LogP contribution in [0.25, 0.3) is 5.65 Å². The minimum Gasteiger partial charge on any atom is -0.506 e. The van der Waals surface area contributed by atoms with Crippen LogP contribution in [0.2, 0.25) is 0 Å². The molecule has 5 nitrogen and oxygen atoms in total. The summed E-state index contributed by atoms with van der Waals surface area (Å²) in [7, 11) is 0. The molecule has 0 bridgehead atoms. The molecule has 0 fully saturated rings. The lowest BCUT2D eigenvalue weighted by Gasteiger charge is -2.00. The average molecular weight is 345 g/mol. The summed E-state index contributed by atoms with van der Waals surface area (Å²) in [5.74, 6) is 0.754. The van der Waals surface area contributed by atoms with Gasteiger partial charge >= 0.3 is 0 Å². The highest BCUT2D eigenvalue weighted by Crippen LogP contribution is 2.30. The van der Waals surface area contributed by atoms with Gasteiger partial charge in [0.25, 0.3) is 0 Å². The van der Waals surface area contributed by atoms with Crippen molar-refractivity contribution in [1.82, 2.24) is 9.38 Å². The van der Waals surface area contributed by atoms with Gasteiger partial charge in [-0.05, 0) is 59.6 Å². The monoisotopic (exact) mass is 344 g/mol. The van der Waals surface area contributed by atoms with Gasteiger partial charge in [0.05, 0.1) is 5.69 Å². The molecule has 21 heavy (non-hydrogen) atoms. The molecule has 3 rings (SSSR count). The van der Waals surface area contributed by atoms with E-state index < -0.39 is 0 Å². The van der Waals surface area contributed by atoms with E-state index in [9.17, 15) is 5.11 Å². The molecule has 0 aliphatic rings. The number of imidazole rings is 1. The van der Waals surface area contributed by atoms with Crippen molar-refractivity contribution in [1.29, 1.82) is 0 Å². The number of phenols is 1. The third-order valence-electron chi connectivity index (χ3n) is 3.11. The summed E-state index contributed by atoms with van der Waals surface area (Å²) in [6, 6.07) is 9.05. The van der Waals surface area contributed by atoms with E-state index in [0.717, 1.165) is 21.4 Å². The zero-order chi connectivity index (χ0) is 15.0. The van der Waals surface area contributed by atoms with Gasteiger partial charge in [0, 0.05) is 10.7 Å². The van der Waals surface area contributed by atoms with Gasteiger partial charge in [-0.3, -0.25) is 4.40 Å². The molecule has 0 amide bonds. The van der Waals surface area contributed by atoms with Gasteiger partial charge in [-0.15, -0.1) is 10.2 Å². The van der Waals surface area contributed by atoms with Gasteiger partial charge in [-0.1, -0.05) is 6.07 Å². The SMILES string of the molecule is Cc1ccc(O)c(N=Nc2c(C)nc3ccc(Br)cn23)c1. The highest BCUT2D eigenvalue weighted by atomic mass is 79.9. The standard InChI is InChI=1S/C15H13BrN4O/c1-9-3-5-13(21)12(7-9)18-19-15-10(2)17-14-6-4-11(16)8-20(14)15/h3-8,21H,1-2H3. The number of aromatic nitrogens is 2. The number of aromatic hydroxyl groups is 1. The smallest absolute Gasteiger partial charge is 0.182 e. The van der Waals surface area contributed by atoms with E-state index in [1.165, 1.54) is 0 Å². The first-order valence-corrected chi connectivity index (χ1v) is 7.19. The number of benzene rings is 1. The summed E-state index contributed by atoms with van der Waals surface area (Å²) in [5, 5.41) is 18.2. The molecule has 3 aromatic rings. The van der Waals surface area contributed by atoms with Gasteiger partial charge in [-0.25, -0.2) is 4.98 Å². The fourth-order valence-electron chi connectivity index (χ4n) is 2.06. The lowest BCUT2D eigenvalue weighted by atomic mass is 10.2. The summed E-state index contributed by atoms with van der Waals surface area (Å²) < 4.78 is 2.79. The molecular weight excluding hydrogens is 332 g/mol. The fraction of sp³-hybridized carbons (Fsp3) is 0.133. The molecule has 2 heterocycles. The van der Waals surface area contributed by atoms with Gasteiger partial charge in [0.15, 0.2) is 5.82 Å². The predicted octanol–water partition coefficient (Wildman–Crippen LogP) is 4.83. The van der Waals surface area contributed by atoms with Crippen LogP contribution in [0.1, 0.15) is 11.3 Å². The number of halogens is 1. The maximum absolute atomic E-state index is 9.81. The molecule has 2 aromatic heterocycles. The van der Waals surface area contributed by atoms with Gasteiger partial charge in [0.1, 0.15) is 17.1 Å². The topological polar surface area (TPSA) is 62.2 Å². The number of nitrogens with zero attached hydrogens (tertiary/aromatic N) is 4. The van der Waals surface area contributed by atoms with E-state index in [4.69, 9.17) is 0 Å². The first-order valence-electron chi connectivity index (χ1n) is 6.40. The molecule has 106 valence electrons. The van der Waals surface area contributed by atoms with E-state index in [1.54, 1.807) is 12.1 Å². The van der Waals surface area contributed by atoms with Crippen LogP contribution in [0.5, 0.6) is 5.75 Å². The molecule has 1 N–H and O–H groups in total. The molecule has 0 aliphatic heterocycles.